The predicted molar refractivity (Wildman–Crippen MR) is 43.8 cm³/mol. The molecule has 60 valence electrons. The van der Waals surface area contributed by atoms with Crippen molar-refractivity contribution in [2.24, 2.45) is 0 Å². The van der Waals surface area contributed by atoms with E-state index < -0.39 is 0 Å². The topological polar surface area (TPSA) is 29.1 Å². The van der Waals surface area contributed by atoms with Gasteiger partial charge < -0.3 is 6.74 Å². The Labute approximate surface area is 92.2 Å². The maximum absolute atomic E-state index is 10.8. The molecule has 0 saturated carbocycles. The van der Waals surface area contributed by atoms with Crippen LogP contribution < -0.4 is 34.9 Å². The van der Waals surface area contributed by atoms with Crippen molar-refractivity contribution in [1.82, 2.24) is 5.32 Å². The molecule has 0 rings (SSSR count). The monoisotopic (exact) mass is 165 g/mol. The van der Waals surface area contributed by atoms with Crippen molar-refractivity contribution in [2.75, 3.05) is 0 Å². The van der Waals surface area contributed by atoms with E-state index in [1.807, 2.05) is 20.8 Å². The van der Waals surface area contributed by atoms with Gasteiger partial charge in [0.2, 0.25) is 5.91 Å². The molecule has 0 bridgehead atoms. The van der Waals surface area contributed by atoms with Crippen molar-refractivity contribution in [1.29, 1.82) is 0 Å². The summed E-state index contributed by atoms with van der Waals surface area (Å²) in [4.78, 5) is 10.8. The molecule has 0 aliphatic rings. The zero-order chi connectivity index (χ0) is 8.20. The molecule has 0 fully saturated rings. The second kappa shape index (κ2) is 5.81. The summed E-state index contributed by atoms with van der Waals surface area (Å²) in [7, 11) is 0. The van der Waals surface area contributed by atoms with Crippen LogP contribution >= 0.6 is 0 Å². The van der Waals surface area contributed by atoms with E-state index in [0.717, 1.165) is 6.42 Å². The summed E-state index contributed by atoms with van der Waals surface area (Å²) in [5.41, 5.74) is -0.106. The second-order valence-electron chi connectivity index (χ2n) is 2.93. The van der Waals surface area contributed by atoms with Crippen LogP contribution in [0.25, 0.3) is 0 Å². The van der Waals surface area contributed by atoms with Gasteiger partial charge in [-0.05, 0) is 26.3 Å². The van der Waals surface area contributed by atoms with Gasteiger partial charge in [-0.1, -0.05) is 13.5 Å². The average molecular weight is 165 g/mol. The van der Waals surface area contributed by atoms with E-state index in [1.54, 1.807) is 0 Å². The molecular weight excluding hydrogens is 149 g/mol. The van der Waals surface area contributed by atoms with Crippen molar-refractivity contribution in [3.63, 3.8) is 0 Å². The van der Waals surface area contributed by atoms with Crippen LogP contribution in [0.5, 0.6) is 0 Å². The Kier molecular flexibility index (Phi) is 7.28. The van der Waals surface area contributed by atoms with Gasteiger partial charge in [0.25, 0.3) is 0 Å². The summed E-state index contributed by atoms with van der Waals surface area (Å²) in [5, 5.41) is 2.80. The molecule has 3 heteroatoms. The SMILES string of the molecule is C=CC(=O)NC(C)(C)CC.[H-].[Na+]. The third-order valence-corrected chi connectivity index (χ3v) is 1.53. The molecule has 0 spiro atoms. The number of amides is 1. The van der Waals surface area contributed by atoms with Crippen molar-refractivity contribution in [3.05, 3.63) is 12.7 Å². The Balaban J connectivity index is -0.000000405. The largest absolute Gasteiger partial charge is 1.00 e. The van der Waals surface area contributed by atoms with E-state index >= 15 is 0 Å². The Hall–Kier alpha value is 0.210. The standard InChI is InChI=1S/C8H15NO.Na.H/c1-5-7(10)9-8(3,4)6-2;;/h5H,1,6H2,2-4H3,(H,9,10);;/q;+1;-1. The van der Waals surface area contributed by atoms with E-state index in [0.29, 0.717) is 0 Å². The number of rotatable bonds is 3. The van der Waals surface area contributed by atoms with E-state index in [9.17, 15) is 4.79 Å². The first-order valence-corrected chi connectivity index (χ1v) is 3.46. The molecule has 1 N–H and O–H groups in total. The quantitative estimate of drug-likeness (QED) is 0.404. The molecular formula is C8H16NNaO. The van der Waals surface area contributed by atoms with Gasteiger partial charge in [0, 0.05) is 5.54 Å². The number of carbonyl (C=O) groups is 1. The second-order valence-corrected chi connectivity index (χ2v) is 2.93. The molecule has 0 unspecified atom stereocenters. The van der Waals surface area contributed by atoms with Crippen LogP contribution in [0.15, 0.2) is 12.7 Å². The Morgan fingerprint density at radius 1 is 1.73 bits per heavy atom. The Bertz CT molecular complexity index is 148. The van der Waals surface area contributed by atoms with Gasteiger partial charge in [-0.25, -0.2) is 0 Å². The first-order chi connectivity index (χ1) is 4.52. The van der Waals surface area contributed by atoms with Crippen LogP contribution in [0.4, 0.5) is 0 Å². The molecule has 0 aromatic rings. The average Bonchev–Trinajstić information content (AvgIpc) is 1.87. The van der Waals surface area contributed by atoms with E-state index in [4.69, 9.17) is 0 Å². The maximum Gasteiger partial charge on any atom is 1.00 e. The van der Waals surface area contributed by atoms with Gasteiger partial charge >= 0.3 is 29.6 Å². The van der Waals surface area contributed by atoms with Crippen molar-refractivity contribution < 1.29 is 35.8 Å². The number of hydrogen-bond donors (Lipinski definition) is 1. The normalized spacial score (nSPS) is 9.73. The summed E-state index contributed by atoms with van der Waals surface area (Å²) in [6, 6.07) is 0. The first kappa shape index (κ1) is 13.8. The molecule has 0 aromatic carbocycles. The van der Waals surface area contributed by atoms with Crippen LogP contribution in [-0.2, 0) is 4.79 Å². The zero-order valence-electron chi connectivity index (χ0n) is 8.90. The summed E-state index contributed by atoms with van der Waals surface area (Å²) >= 11 is 0. The van der Waals surface area contributed by atoms with E-state index in [-0.39, 0.29) is 42.4 Å². The summed E-state index contributed by atoms with van der Waals surface area (Å²) in [6.45, 7) is 9.36. The fourth-order valence-electron chi connectivity index (χ4n) is 0.473. The van der Waals surface area contributed by atoms with Crippen molar-refractivity contribution in [2.45, 2.75) is 32.7 Å². The fraction of sp³-hybridized carbons (Fsp3) is 0.625. The van der Waals surface area contributed by atoms with Gasteiger partial charge in [-0.3, -0.25) is 4.79 Å². The van der Waals surface area contributed by atoms with Gasteiger partial charge in [0.1, 0.15) is 0 Å². The minimum absolute atomic E-state index is 0. The van der Waals surface area contributed by atoms with Crippen LogP contribution in [0.1, 0.15) is 28.6 Å². The molecule has 2 nitrogen and oxygen atoms in total. The first-order valence-electron chi connectivity index (χ1n) is 3.46. The third-order valence-electron chi connectivity index (χ3n) is 1.53. The van der Waals surface area contributed by atoms with Gasteiger partial charge in [-0.15, -0.1) is 0 Å². The smallest absolute Gasteiger partial charge is 1.00 e. The molecule has 0 aliphatic carbocycles. The van der Waals surface area contributed by atoms with Crippen LogP contribution in [0, 0.1) is 0 Å². The van der Waals surface area contributed by atoms with Crippen LogP contribution in [0.3, 0.4) is 0 Å². The van der Waals surface area contributed by atoms with Gasteiger partial charge in [0.15, 0.2) is 0 Å². The predicted octanol–water partition coefficient (Wildman–Crippen LogP) is -1.41. The summed E-state index contributed by atoms with van der Waals surface area (Å²) < 4.78 is 0. The van der Waals surface area contributed by atoms with E-state index in [1.165, 1.54) is 6.08 Å². The number of hydrogen-bond acceptors (Lipinski definition) is 1. The van der Waals surface area contributed by atoms with Crippen molar-refractivity contribution >= 4 is 5.91 Å². The summed E-state index contributed by atoms with van der Waals surface area (Å²) in [6.07, 6.45) is 2.21. The van der Waals surface area contributed by atoms with Gasteiger partial charge in [0.05, 0.1) is 0 Å². The maximum atomic E-state index is 10.8. The Morgan fingerprint density at radius 2 is 2.18 bits per heavy atom. The van der Waals surface area contributed by atoms with Crippen molar-refractivity contribution in [3.8, 4) is 0 Å². The van der Waals surface area contributed by atoms with Gasteiger partial charge in [-0.2, -0.15) is 0 Å². The molecule has 0 aromatic heterocycles. The molecule has 1 amide bonds. The molecule has 11 heavy (non-hydrogen) atoms. The van der Waals surface area contributed by atoms with Crippen LogP contribution in [-0.4, -0.2) is 11.4 Å². The fourth-order valence-corrected chi connectivity index (χ4v) is 0.473. The minimum Gasteiger partial charge on any atom is -1.00 e. The minimum atomic E-state index is -0.106. The Morgan fingerprint density at radius 3 is 2.45 bits per heavy atom. The molecule has 0 radical (unpaired) electrons. The summed E-state index contributed by atoms with van der Waals surface area (Å²) in [5.74, 6) is -0.105. The number of carbonyl (C=O) groups excluding carboxylic acids is 1. The molecule has 0 heterocycles. The van der Waals surface area contributed by atoms with E-state index in [2.05, 4.69) is 11.9 Å². The molecule has 0 saturated heterocycles. The number of nitrogens with one attached hydrogen (secondary N) is 1. The molecule has 0 aliphatic heterocycles. The zero-order valence-corrected chi connectivity index (χ0v) is 9.90. The van der Waals surface area contributed by atoms with Crippen LogP contribution in [0.2, 0.25) is 0 Å². The third kappa shape index (κ3) is 6.60. The molecule has 0 atom stereocenters.